The van der Waals surface area contributed by atoms with Gasteiger partial charge < -0.3 is 19.5 Å². The molecule has 1 atom stereocenters. The summed E-state index contributed by atoms with van der Waals surface area (Å²) in [4.78, 5) is 33.5. The number of nitrogens with one attached hydrogen (secondary N) is 1. The van der Waals surface area contributed by atoms with E-state index in [0.717, 1.165) is 28.2 Å². The van der Waals surface area contributed by atoms with E-state index in [-0.39, 0.29) is 24.4 Å². The fraction of sp³-hybridized carbons (Fsp3) is 0.375. The van der Waals surface area contributed by atoms with Crippen LogP contribution in [-0.2, 0) is 23.2 Å². The minimum Gasteiger partial charge on any atom is -0.496 e. The molecule has 4 rings (SSSR count). The maximum atomic E-state index is 12.7. The molecule has 2 aromatic carbocycles. The average molecular weight is 436 g/mol. The second kappa shape index (κ2) is 9.40. The zero-order valence-electron chi connectivity index (χ0n) is 18.7. The molecule has 3 aromatic rings. The van der Waals surface area contributed by atoms with Gasteiger partial charge in [-0.3, -0.25) is 14.5 Å². The summed E-state index contributed by atoms with van der Waals surface area (Å²) in [5.74, 6) is 1.52. The van der Waals surface area contributed by atoms with Crippen LogP contribution in [-0.4, -0.2) is 64.5 Å². The number of methoxy groups -OCH3 is 1. The Morgan fingerprint density at radius 3 is 2.62 bits per heavy atom. The smallest absolute Gasteiger partial charge is 0.234 e. The number of fused-ring (bicyclic) bond motifs is 1. The Morgan fingerprint density at radius 1 is 1.12 bits per heavy atom. The number of amides is 2. The summed E-state index contributed by atoms with van der Waals surface area (Å²) in [6, 6.07) is 15.5. The van der Waals surface area contributed by atoms with Gasteiger partial charge in [0.05, 0.1) is 37.3 Å². The van der Waals surface area contributed by atoms with E-state index in [2.05, 4.69) is 15.2 Å². The molecule has 1 unspecified atom stereocenters. The number of hydrogen-bond acceptors (Lipinski definition) is 5. The van der Waals surface area contributed by atoms with Gasteiger partial charge in [-0.1, -0.05) is 30.3 Å². The van der Waals surface area contributed by atoms with Crippen LogP contribution in [0.1, 0.15) is 24.4 Å². The summed E-state index contributed by atoms with van der Waals surface area (Å²) in [5.41, 5.74) is 2.91. The van der Waals surface area contributed by atoms with Gasteiger partial charge in [0.1, 0.15) is 11.6 Å². The van der Waals surface area contributed by atoms with Crippen molar-refractivity contribution in [3.8, 4) is 5.75 Å². The first kappa shape index (κ1) is 21.8. The molecule has 1 aliphatic rings. The highest BCUT2D eigenvalue weighted by Crippen LogP contribution is 2.32. The number of carbonyl (C=O) groups excluding carboxylic acids is 2. The summed E-state index contributed by atoms with van der Waals surface area (Å²) in [5, 5.41) is 2.99. The fourth-order valence-electron chi connectivity index (χ4n) is 4.36. The van der Waals surface area contributed by atoms with Gasteiger partial charge in [-0.25, -0.2) is 4.98 Å². The third-order valence-corrected chi connectivity index (χ3v) is 6.06. The van der Waals surface area contributed by atoms with Gasteiger partial charge in [0, 0.05) is 39.2 Å². The summed E-state index contributed by atoms with van der Waals surface area (Å²) in [6.07, 6.45) is 0. The number of aryl methyl sites for hydroxylation is 1. The van der Waals surface area contributed by atoms with E-state index in [1.54, 1.807) is 14.0 Å². The lowest BCUT2D eigenvalue weighted by molar-refractivity contribution is -0.134. The van der Waals surface area contributed by atoms with Crippen LogP contribution in [0.15, 0.2) is 48.5 Å². The highest BCUT2D eigenvalue weighted by molar-refractivity contribution is 5.79. The molecule has 0 bridgehead atoms. The number of ether oxygens (including phenoxy) is 1. The Labute approximate surface area is 187 Å². The van der Waals surface area contributed by atoms with Gasteiger partial charge in [0.15, 0.2) is 0 Å². The van der Waals surface area contributed by atoms with Crippen LogP contribution in [0.25, 0.3) is 11.0 Å². The maximum Gasteiger partial charge on any atom is 0.234 e. The number of nitrogens with zero attached hydrogens (tertiary/aromatic N) is 4. The van der Waals surface area contributed by atoms with Crippen molar-refractivity contribution in [1.82, 2.24) is 24.7 Å². The van der Waals surface area contributed by atoms with Gasteiger partial charge in [0.2, 0.25) is 11.8 Å². The first-order chi connectivity index (χ1) is 15.5. The highest BCUT2D eigenvalue weighted by Gasteiger charge is 2.32. The monoisotopic (exact) mass is 435 g/mol. The third kappa shape index (κ3) is 4.45. The molecule has 1 aliphatic heterocycles. The van der Waals surface area contributed by atoms with E-state index in [4.69, 9.17) is 4.74 Å². The molecule has 0 aliphatic carbocycles. The van der Waals surface area contributed by atoms with Gasteiger partial charge in [-0.2, -0.15) is 0 Å². The van der Waals surface area contributed by atoms with E-state index in [1.165, 1.54) is 0 Å². The second-order valence-electron chi connectivity index (χ2n) is 8.06. The minimum absolute atomic E-state index is 0.0202. The lowest BCUT2D eigenvalue weighted by Crippen LogP contribution is -2.52. The number of rotatable bonds is 6. The topological polar surface area (TPSA) is 79.7 Å². The number of imidazole rings is 1. The Bertz CT molecular complexity index is 1130. The lowest BCUT2D eigenvalue weighted by Gasteiger charge is -2.41. The Balaban J connectivity index is 1.41. The molecule has 0 saturated carbocycles. The van der Waals surface area contributed by atoms with Crippen molar-refractivity contribution in [2.75, 3.05) is 33.3 Å². The van der Waals surface area contributed by atoms with Crippen molar-refractivity contribution in [2.24, 2.45) is 7.05 Å². The van der Waals surface area contributed by atoms with Crippen molar-refractivity contribution in [2.45, 2.75) is 19.5 Å². The molecule has 8 nitrogen and oxygen atoms in total. The Hall–Kier alpha value is -3.39. The van der Waals surface area contributed by atoms with E-state index >= 15 is 0 Å². The molecule has 0 spiro atoms. The normalized spacial score (nSPS) is 16.8. The molecule has 1 saturated heterocycles. The van der Waals surface area contributed by atoms with Crippen molar-refractivity contribution >= 4 is 22.8 Å². The molecular weight excluding hydrogens is 406 g/mol. The van der Waals surface area contributed by atoms with Crippen LogP contribution >= 0.6 is 0 Å². The van der Waals surface area contributed by atoms with Crippen molar-refractivity contribution < 1.29 is 14.3 Å². The molecule has 1 aromatic heterocycles. The summed E-state index contributed by atoms with van der Waals surface area (Å²) in [6.45, 7) is 4.00. The first-order valence-corrected chi connectivity index (χ1v) is 10.8. The van der Waals surface area contributed by atoms with E-state index < -0.39 is 0 Å². The third-order valence-electron chi connectivity index (χ3n) is 6.06. The molecule has 2 amide bonds. The van der Waals surface area contributed by atoms with Crippen molar-refractivity contribution in [3.63, 3.8) is 0 Å². The summed E-state index contributed by atoms with van der Waals surface area (Å²) >= 11 is 0. The Morgan fingerprint density at radius 2 is 1.88 bits per heavy atom. The molecule has 8 heteroatoms. The molecule has 32 heavy (non-hydrogen) atoms. The number of piperazine rings is 1. The zero-order valence-corrected chi connectivity index (χ0v) is 18.7. The lowest BCUT2D eigenvalue weighted by atomic mass is 10.0. The minimum atomic E-state index is -0.162. The summed E-state index contributed by atoms with van der Waals surface area (Å²) in [7, 11) is 3.58. The van der Waals surface area contributed by atoms with Crippen LogP contribution in [0, 0.1) is 0 Å². The van der Waals surface area contributed by atoms with Crippen LogP contribution in [0.5, 0.6) is 5.75 Å². The van der Waals surface area contributed by atoms with Crippen LogP contribution < -0.4 is 10.1 Å². The molecule has 1 N–H and O–H groups in total. The van der Waals surface area contributed by atoms with E-state index in [0.29, 0.717) is 26.2 Å². The number of carbonyl (C=O) groups is 2. The second-order valence-corrected chi connectivity index (χ2v) is 8.06. The van der Waals surface area contributed by atoms with Gasteiger partial charge in [-0.15, -0.1) is 0 Å². The standard InChI is InChI=1S/C24H29N5O3/c1-17(30)29-13-12-28(15-21(29)18-8-4-7-11-22(18)32-3)16-24(31)25-14-23-26-19-9-5-6-10-20(19)27(23)2/h4-11,21H,12-16H2,1-3H3,(H,25,31). The highest BCUT2D eigenvalue weighted by atomic mass is 16.5. The molecule has 1 fully saturated rings. The zero-order chi connectivity index (χ0) is 22.7. The van der Waals surface area contributed by atoms with E-state index in [9.17, 15) is 9.59 Å². The predicted octanol–water partition coefficient (Wildman–Crippen LogP) is 2.10. The van der Waals surface area contributed by atoms with Gasteiger partial charge in [0.25, 0.3) is 0 Å². The first-order valence-electron chi connectivity index (χ1n) is 10.8. The predicted molar refractivity (Wildman–Crippen MR) is 122 cm³/mol. The number of aromatic nitrogens is 2. The van der Waals surface area contributed by atoms with Crippen molar-refractivity contribution in [1.29, 1.82) is 0 Å². The van der Waals surface area contributed by atoms with Crippen molar-refractivity contribution in [3.05, 3.63) is 59.9 Å². The van der Waals surface area contributed by atoms with E-state index in [1.807, 2.05) is 65.0 Å². The summed E-state index contributed by atoms with van der Waals surface area (Å²) < 4.78 is 7.52. The van der Waals surface area contributed by atoms with Gasteiger partial charge >= 0.3 is 0 Å². The molecule has 168 valence electrons. The van der Waals surface area contributed by atoms with Crippen LogP contribution in [0.4, 0.5) is 0 Å². The maximum absolute atomic E-state index is 12.7. The van der Waals surface area contributed by atoms with Crippen LogP contribution in [0.3, 0.4) is 0 Å². The quantitative estimate of drug-likeness (QED) is 0.642. The molecular formula is C24H29N5O3. The SMILES string of the molecule is COc1ccccc1C1CN(CC(=O)NCc2nc3ccccc3n2C)CCN1C(C)=O. The average Bonchev–Trinajstić information content (AvgIpc) is 3.13. The largest absolute Gasteiger partial charge is 0.496 e. The molecule has 0 radical (unpaired) electrons. The number of benzene rings is 2. The Kier molecular flexibility index (Phi) is 6.41. The van der Waals surface area contributed by atoms with Gasteiger partial charge in [-0.05, 0) is 18.2 Å². The molecule has 2 heterocycles. The number of hydrogen-bond donors (Lipinski definition) is 1. The number of para-hydroxylation sites is 3. The van der Waals surface area contributed by atoms with Crippen LogP contribution in [0.2, 0.25) is 0 Å². The fourth-order valence-corrected chi connectivity index (χ4v) is 4.36.